The van der Waals surface area contributed by atoms with Crippen LogP contribution in [-0.4, -0.2) is 32.9 Å². The quantitative estimate of drug-likeness (QED) is 0.830. The van der Waals surface area contributed by atoms with Gasteiger partial charge in [0, 0.05) is 26.6 Å². The van der Waals surface area contributed by atoms with Gasteiger partial charge in [-0.15, -0.1) is 0 Å². The van der Waals surface area contributed by atoms with Crippen LogP contribution < -0.4 is 5.32 Å². The van der Waals surface area contributed by atoms with Crippen LogP contribution >= 0.6 is 0 Å². The third-order valence-corrected chi connectivity index (χ3v) is 4.59. The Morgan fingerprint density at radius 3 is 2.68 bits per heavy atom. The Balaban J connectivity index is 3.04. The molecule has 0 radical (unpaired) electrons. The van der Waals surface area contributed by atoms with Crippen molar-refractivity contribution in [1.82, 2.24) is 4.31 Å². The zero-order valence-electron chi connectivity index (χ0n) is 11.3. The average Bonchev–Trinajstić information content (AvgIpc) is 2.42. The topological polar surface area (TPSA) is 73.2 Å². The summed E-state index contributed by atoms with van der Waals surface area (Å²) in [6.07, 6.45) is 1.10. The van der Waals surface area contributed by atoms with Crippen LogP contribution in [0.3, 0.4) is 0 Å². The molecule has 1 rings (SSSR count). The van der Waals surface area contributed by atoms with Gasteiger partial charge in [0.1, 0.15) is 4.90 Å². The van der Waals surface area contributed by atoms with E-state index in [1.165, 1.54) is 11.4 Å². The number of hydrogen-bond donors (Lipinski definition) is 1. The second-order valence-corrected chi connectivity index (χ2v) is 6.17. The third-order valence-electron chi connectivity index (χ3n) is 2.68. The van der Waals surface area contributed by atoms with Gasteiger partial charge < -0.3 is 5.32 Å². The molecule has 0 amide bonds. The van der Waals surface area contributed by atoms with Crippen molar-refractivity contribution in [2.75, 3.05) is 25.5 Å². The molecule has 1 aromatic rings. The highest BCUT2D eigenvalue weighted by Crippen LogP contribution is 2.23. The van der Waals surface area contributed by atoms with E-state index in [9.17, 15) is 8.42 Å². The first kappa shape index (κ1) is 15.5. The van der Waals surface area contributed by atoms with Crippen molar-refractivity contribution in [3.8, 4) is 6.07 Å². The van der Waals surface area contributed by atoms with E-state index < -0.39 is 10.0 Å². The van der Waals surface area contributed by atoms with Crippen molar-refractivity contribution >= 4 is 15.7 Å². The number of anilines is 1. The van der Waals surface area contributed by atoms with Crippen LogP contribution in [0.15, 0.2) is 29.2 Å². The maximum absolute atomic E-state index is 12.4. The molecule has 0 aromatic heterocycles. The van der Waals surface area contributed by atoms with Crippen LogP contribution in [0, 0.1) is 11.3 Å². The minimum Gasteiger partial charge on any atom is -0.384 e. The fourth-order valence-electron chi connectivity index (χ4n) is 1.59. The Morgan fingerprint density at radius 2 is 2.05 bits per heavy atom. The number of nitrogens with one attached hydrogen (secondary N) is 1. The predicted octanol–water partition coefficient (Wildman–Crippen LogP) is 2.04. The molecular weight excluding hydrogens is 262 g/mol. The second kappa shape index (κ2) is 7.12. The first-order valence-electron chi connectivity index (χ1n) is 6.20. The van der Waals surface area contributed by atoms with Gasteiger partial charge in [-0.25, -0.2) is 8.42 Å². The second-order valence-electron chi connectivity index (χ2n) is 4.16. The largest absolute Gasteiger partial charge is 0.384 e. The van der Waals surface area contributed by atoms with E-state index in [1.54, 1.807) is 24.3 Å². The van der Waals surface area contributed by atoms with Gasteiger partial charge in [0.15, 0.2) is 0 Å². The van der Waals surface area contributed by atoms with Crippen LogP contribution in [0.5, 0.6) is 0 Å². The number of nitrogens with zero attached hydrogens (tertiary/aromatic N) is 2. The van der Waals surface area contributed by atoms with Crippen LogP contribution in [0.25, 0.3) is 0 Å². The number of hydrogen-bond acceptors (Lipinski definition) is 4. The van der Waals surface area contributed by atoms with Gasteiger partial charge in [-0.3, -0.25) is 0 Å². The number of nitriles is 1. The number of rotatable bonds is 7. The molecule has 0 saturated heterocycles. The van der Waals surface area contributed by atoms with Crippen LogP contribution in [0.4, 0.5) is 5.69 Å². The molecule has 19 heavy (non-hydrogen) atoms. The summed E-state index contributed by atoms with van der Waals surface area (Å²) in [4.78, 5) is 0.254. The van der Waals surface area contributed by atoms with Crippen molar-refractivity contribution in [1.29, 1.82) is 5.26 Å². The summed E-state index contributed by atoms with van der Waals surface area (Å²) in [5, 5.41) is 11.6. The molecule has 0 saturated carbocycles. The highest BCUT2D eigenvalue weighted by Gasteiger charge is 2.23. The maximum Gasteiger partial charge on any atom is 0.244 e. The molecule has 0 bridgehead atoms. The molecule has 6 heteroatoms. The molecule has 0 aliphatic carbocycles. The van der Waals surface area contributed by atoms with Gasteiger partial charge in [-0.05, 0) is 18.6 Å². The van der Waals surface area contributed by atoms with Gasteiger partial charge in [-0.1, -0.05) is 19.1 Å². The van der Waals surface area contributed by atoms with Crippen molar-refractivity contribution in [3.05, 3.63) is 24.3 Å². The Labute approximate surface area is 114 Å². The Bertz CT molecular complexity index is 549. The number of para-hydroxylation sites is 1. The molecule has 104 valence electrons. The van der Waals surface area contributed by atoms with Gasteiger partial charge in [0.05, 0.1) is 11.8 Å². The van der Waals surface area contributed by atoms with E-state index in [2.05, 4.69) is 5.32 Å². The molecule has 0 heterocycles. The van der Waals surface area contributed by atoms with Crippen molar-refractivity contribution in [2.45, 2.75) is 24.7 Å². The first-order valence-corrected chi connectivity index (χ1v) is 7.64. The molecule has 1 N–H and O–H groups in total. The van der Waals surface area contributed by atoms with Crippen LogP contribution in [0.2, 0.25) is 0 Å². The maximum atomic E-state index is 12.4. The van der Waals surface area contributed by atoms with Gasteiger partial charge in [0.2, 0.25) is 10.0 Å². The molecule has 0 aliphatic rings. The van der Waals surface area contributed by atoms with Crippen molar-refractivity contribution < 1.29 is 8.42 Å². The minimum atomic E-state index is -3.55. The lowest BCUT2D eigenvalue weighted by molar-refractivity contribution is 0.477. The zero-order chi connectivity index (χ0) is 14.3. The molecular formula is C13H19N3O2S. The molecule has 0 spiro atoms. The summed E-state index contributed by atoms with van der Waals surface area (Å²) < 4.78 is 26.0. The van der Waals surface area contributed by atoms with Crippen molar-refractivity contribution in [3.63, 3.8) is 0 Å². The van der Waals surface area contributed by atoms with E-state index in [0.717, 1.165) is 6.42 Å². The molecule has 5 nitrogen and oxygen atoms in total. The normalized spacial score (nSPS) is 11.3. The average molecular weight is 281 g/mol. The Hall–Kier alpha value is -1.58. The third kappa shape index (κ3) is 3.94. The lowest BCUT2D eigenvalue weighted by atomic mass is 10.3. The lowest BCUT2D eigenvalue weighted by Crippen LogP contribution is -2.28. The van der Waals surface area contributed by atoms with Crippen LogP contribution in [0.1, 0.15) is 19.8 Å². The first-order chi connectivity index (χ1) is 9.04. The van der Waals surface area contributed by atoms with E-state index in [0.29, 0.717) is 12.2 Å². The Kier molecular flexibility index (Phi) is 5.80. The summed E-state index contributed by atoms with van der Waals surface area (Å²) in [6.45, 7) is 2.93. The van der Waals surface area contributed by atoms with E-state index in [-0.39, 0.29) is 17.9 Å². The standard InChI is InChI=1S/C13H19N3O2S/c1-3-10-15-12-7-4-5-8-13(12)19(17,18)16(2)11-6-9-14/h4-5,7-8,15H,3,6,10-11H2,1-2H3. The van der Waals surface area contributed by atoms with Crippen molar-refractivity contribution in [2.24, 2.45) is 0 Å². The van der Waals surface area contributed by atoms with Crippen LogP contribution in [-0.2, 0) is 10.0 Å². The molecule has 0 unspecified atom stereocenters. The molecule has 0 fully saturated rings. The van der Waals surface area contributed by atoms with Gasteiger partial charge in [0.25, 0.3) is 0 Å². The summed E-state index contributed by atoms with van der Waals surface area (Å²) in [7, 11) is -2.06. The smallest absolute Gasteiger partial charge is 0.244 e. The highest BCUT2D eigenvalue weighted by molar-refractivity contribution is 7.89. The monoisotopic (exact) mass is 281 g/mol. The molecule has 0 aliphatic heterocycles. The zero-order valence-corrected chi connectivity index (χ0v) is 12.1. The van der Waals surface area contributed by atoms with Gasteiger partial charge in [-0.2, -0.15) is 9.57 Å². The summed E-state index contributed by atoms with van der Waals surface area (Å²) in [6, 6.07) is 8.77. The minimum absolute atomic E-state index is 0.181. The summed E-state index contributed by atoms with van der Waals surface area (Å²) in [5.41, 5.74) is 0.605. The molecule has 0 atom stereocenters. The van der Waals surface area contributed by atoms with E-state index >= 15 is 0 Å². The summed E-state index contributed by atoms with van der Waals surface area (Å²) in [5.74, 6) is 0. The fraction of sp³-hybridized carbons (Fsp3) is 0.462. The predicted molar refractivity (Wildman–Crippen MR) is 75.3 cm³/mol. The fourth-order valence-corrected chi connectivity index (χ4v) is 2.93. The van der Waals surface area contributed by atoms with E-state index in [4.69, 9.17) is 5.26 Å². The summed E-state index contributed by atoms with van der Waals surface area (Å²) >= 11 is 0. The number of benzene rings is 1. The highest BCUT2D eigenvalue weighted by atomic mass is 32.2. The molecule has 1 aromatic carbocycles. The lowest BCUT2D eigenvalue weighted by Gasteiger charge is -2.18. The number of sulfonamides is 1. The van der Waals surface area contributed by atoms with Gasteiger partial charge >= 0.3 is 0 Å². The SMILES string of the molecule is CCCNc1ccccc1S(=O)(=O)N(C)CCC#N. The van der Waals surface area contributed by atoms with E-state index in [1.807, 2.05) is 13.0 Å². The Morgan fingerprint density at radius 1 is 1.37 bits per heavy atom.